The van der Waals surface area contributed by atoms with Crippen LogP contribution in [0.5, 0.6) is 23.0 Å². The zero-order chi connectivity index (χ0) is 17.0. The molecule has 2 aromatic carbocycles. The molecule has 0 saturated carbocycles. The van der Waals surface area contributed by atoms with Gasteiger partial charge in [-0.25, -0.2) is 0 Å². The number of benzene rings is 2. The number of halogens is 1. The number of hydrogen-bond donors (Lipinski definition) is 2. The molecule has 6 heteroatoms. The summed E-state index contributed by atoms with van der Waals surface area (Å²) in [6.45, 7) is 0. The van der Waals surface area contributed by atoms with Gasteiger partial charge in [-0.1, -0.05) is 15.9 Å². The summed E-state index contributed by atoms with van der Waals surface area (Å²) in [6.07, 6.45) is 3.00. The number of phenolic OH excluding ortho intramolecular Hbond substituents is 2. The topological polar surface area (TPSA) is 76.0 Å². The van der Waals surface area contributed by atoms with E-state index in [1.807, 2.05) is 0 Å². The van der Waals surface area contributed by atoms with Crippen LogP contribution in [0.4, 0.5) is 0 Å². The summed E-state index contributed by atoms with van der Waals surface area (Å²) in [4.78, 5) is 12.2. The van der Waals surface area contributed by atoms with Gasteiger partial charge in [0, 0.05) is 10.0 Å². The van der Waals surface area contributed by atoms with Gasteiger partial charge in [-0.05, 0) is 48.0 Å². The van der Waals surface area contributed by atoms with Crippen LogP contribution in [-0.4, -0.2) is 30.2 Å². The molecule has 0 radical (unpaired) electrons. The Balaban J connectivity index is 2.28. The highest BCUT2D eigenvalue weighted by Crippen LogP contribution is 2.33. The van der Waals surface area contributed by atoms with Crippen molar-refractivity contribution in [3.05, 3.63) is 52.0 Å². The van der Waals surface area contributed by atoms with Crippen molar-refractivity contribution in [2.24, 2.45) is 0 Å². The van der Waals surface area contributed by atoms with Crippen molar-refractivity contribution in [3.8, 4) is 23.0 Å². The first kappa shape index (κ1) is 16.9. The Labute approximate surface area is 141 Å². The zero-order valence-corrected chi connectivity index (χ0v) is 14.1. The summed E-state index contributed by atoms with van der Waals surface area (Å²) in [6, 6.07) is 7.48. The van der Waals surface area contributed by atoms with Crippen molar-refractivity contribution in [1.82, 2.24) is 0 Å². The van der Waals surface area contributed by atoms with Gasteiger partial charge >= 0.3 is 0 Å². The fourth-order valence-electron chi connectivity index (χ4n) is 1.94. The van der Waals surface area contributed by atoms with Crippen molar-refractivity contribution in [2.45, 2.75) is 0 Å². The summed E-state index contributed by atoms with van der Waals surface area (Å²) < 4.78 is 10.7. The monoisotopic (exact) mass is 378 g/mol. The Morgan fingerprint density at radius 1 is 1.04 bits per heavy atom. The average molecular weight is 379 g/mol. The third kappa shape index (κ3) is 3.84. The second kappa shape index (κ2) is 7.19. The molecule has 0 amide bonds. The van der Waals surface area contributed by atoms with E-state index in [1.165, 1.54) is 44.6 Å². The standard InChI is InChI=1S/C17H15BrO5/c1-22-16-8-11(4-6-14(16)20)13(19)5-3-10-7-17(23-2)15(21)9-12(10)18/h3-9,20-21H,1-2H3. The minimum Gasteiger partial charge on any atom is -0.504 e. The highest BCUT2D eigenvalue weighted by atomic mass is 79.9. The Bertz CT molecular complexity index is 768. The molecule has 0 heterocycles. The van der Waals surface area contributed by atoms with E-state index in [-0.39, 0.29) is 23.0 Å². The van der Waals surface area contributed by atoms with E-state index in [4.69, 9.17) is 9.47 Å². The molecular formula is C17H15BrO5. The average Bonchev–Trinajstić information content (AvgIpc) is 2.54. The predicted molar refractivity (Wildman–Crippen MR) is 90.4 cm³/mol. The van der Waals surface area contributed by atoms with Crippen LogP contribution in [0.3, 0.4) is 0 Å². The van der Waals surface area contributed by atoms with Crippen LogP contribution in [0.2, 0.25) is 0 Å². The highest BCUT2D eigenvalue weighted by molar-refractivity contribution is 9.10. The minimum absolute atomic E-state index is 0.00567. The van der Waals surface area contributed by atoms with Gasteiger partial charge in [0.05, 0.1) is 14.2 Å². The van der Waals surface area contributed by atoms with E-state index in [0.717, 1.165) is 0 Å². The Kier molecular flexibility index (Phi) is 5.28. The molecule has 0 aliphatic carbocycles. The molecule has 23 heavy (non-hydrogen) atoms. The smallest absolute Gasteiger partial charge is 0.185 e. The molecule has 0 aliphatic heterocycles. The van der Waals surface area contributed by atoms with E-state index in [9.17, 15) is 15.0 Å². The largest absolute Gasteiger partial charge is 0.504 e. The lowest BCUT2D eigenvalue weighted by Crippen LogP contribution is -1.95. The first-order valence-corrected chi connectivity index (χ1v) is 7.41. The number of methoxy groups -OCH3 is 2. The molecule has 0 bridgehead atoms. The van der Waals surface area contributed by atoms with Crippen LogP contribution >= 0.6 is 15.9 Å². The second-order valence-electron chi connectivity index (χ2n) is 4.63. The molecular weight excluding hydrogens is 364 g/mol. The molecule has 5 nitrogen and oxygen atoms in total. The van der Waals surface area contributed by atoms with Gasteiger partial charge in [0.1, 0.15) is 0 Å². The molecule has 0 saturated heterocycles. The van der Waals surface area contributed by atoms with E-state index in [1.54, 1.807) is 12.1 Å². The fourth-order valence-corrected chi connectivity index (χ4v) is 2.41. The van der Waals surface area contributed by atoms with E-state index in [2.05, 4.69) is 15.9 Å². The first-order chi connectivity index (χ1) is 11.0. The molecule has 0 unspecified atom stereocenters. The molecule has 0 fully saturated rings. The van der Waals surface area contributed by atoms with Crippen LogP contribution in [0.25, 0.3) is 6.08 Å². The van der Waals surface area contributed by atoms with Gasteiger partial charge in [-0.15, -0.1) is 0 Å². The van der Waals surface area contributed by atoms with Crippen molar-refractivity contribution in [1.29, 1.82) is 0 Å². The van der Waals surface area contributed by atoms with Gasteiger partial charge in [0.15, 0.2) is 28.8 Å². The maximum atomic E-state index is 12.2. The fraction of sp³-hybridized carbons (Fsp3) is 0.118. The Morgan fingerprint density at radius 2 is 1.70 bits per heavy atom. The SMILES string of the molecule is COc1cc(C(=O)C=Cc2cc(OC)c(O)cc2Br)ccc1O. The zero-order valence-electron chi connectivity index (χ0n) is 12.5. The summed E-state index contributed by atoms with van der Waals surface area (Å²) >= 11 is 3.32. The molecule has 0 aromatic heterocycles. The summed E-state index contributed by atoms with van der Waals surface area (Å²) in [5.74, 6) is 0.274. The molecule has 2 N–H and O–H groups in total. The maximum Gasteiger partial charge on any atom is 0.185 e. The van der Waals surface area contributed by atoms with Crippen LogP contribution in [0.15, 0.2) is 40.9 Å². The predicted octanol–water partition coefficient (Wildman–Crippen LogP) is 3.77. The second-order valence-corrected chi connectivity index (χ2v) is 5.48. The van der Waals surface area contributed by atoms with Gasteiger partial charge in [0.2, 0.25) is 0 Å². The number of carbonyl (C=O) groups is 1. The van der Waals surface area contributed by atoms with Crippen LogP contribution in [0.1, 0.15) is 15.9 Å². The van der Waals surface area contributed by atoms with E-state index in [0.29, 0.717) is 21.3 Å². The van der Waals surface area contributed by atoms with Crippen LogP contribution in [-0.2, 0) is 0 Å². The quantitative estimate of drug-likeness (QED) is 0.611. The summed E-state index contributed by atoms with van der Waals surface area (Å²) in [5.41, 5.74) is 1.07. The minimum atomic E-state index is -0.248. The van der Waals surface area contributed by atoms with Gasteiger partial charge in [0.25, 0.3) is 0 Å². The molecule has 0 atom stereocenters. The third-order valence-corrected chi connectivity index (χ3v) is 3.86. The summed E-state index contributed by atoms with van der Waals surface area (Å²) in [7, 11) is 2.86. The molecule has 0 aliphatic rings. The van der Waals surface area contributed by atoms with Crippen molar-refractivity contribution in [2.75, 3.05) is 14.2 Å². The number of phenols is 2. The van der Waals surface area contributed by atoms with Crippen molar-refractivity contribution in [3.63, 3.8) is 0 Å². The number of aromatic hydroxyl groups is 2. The van der Waals surface area contributed by atoms with E-state index >= 15 is 0 Å². The molecule has 0 spiro atoms. The van der Waals surface area contributed by atoms with Crippen LogP contribution < -0.4 is 9.47 Å². The van der Waals surface area contributed by atoms with Crippen LogP contribution in [0, 0.1) is 0 Å². The van der Waals surface area contributed by atoms with Gasteiger partial charge < -0.3 is 19.7 Å². The molecule has 2 aromatic rings. The van der Waals surface area contributed by atoms with E-state index < -0.39 is 0 Å². The first-order valence-electron chi connectivity index (χ1n) is 6.62. The number of rotatable bonds is 5. The van der Waals surface area contributed by atoms with Gasteiger partial charge in [-0.3, -0.25) is 4.79 Å². The number of allylic oxidation sites excluding steroid dienone is 1. The number of ether oxygens (including phenoxy) is 2. The van der Waals surface area contributed by atoms with Crippen molar-refractivity contribution >= 4 is 27.8 Å². The lowest BCUT2D eigenvalue weighted by molar-refractivity contribution is 0.104. The number of carbonyl (C=O) groups excluding carboxylic acids is 1. The normalized spacial score (nSPS) is 10.7. The summed E-state index contributed by atoms with van der Waals surface area (Å²) in [5, 5.41) is 19.2. The Hall–Kier alpha value is -2.47. The third-order valence-electron chi connectivity index (χ3n) is 3.18. The molecule has 2 rings (SSSR count). The molecule has 120 valence electrons. The lowest BCUT2D eigenvalue weighted by Gasteiger charge is -2.06. The lowest BCUT2D eigenvalue weighted by atomic mass is 10.1. The Morgan fingerprint density at radius 3 is 2.35 bits per heavy atom. The number of hydrogen-bond acceptors (Lipinski definition) is 5. The van der Waals surface area contributed by atoms with Gasteiger partial charge in [-0.2, -0.15) is 0 Å². The van der Waals surface area contributed by atoms with Crippen molar-refractivity contribution < 1.29 is 24.5 Å². The highest BCUT2D eigenvalue weighted by Gasteiger charge is 2.09. The number of ketones is 1. The maximum absolute atomic E-state index is 12.2.